The summed E-state index contributed by atoms with van der Waals surface area (Å²) in [6, 6.07) is 7.59. The van der Waals surface area contributed by atoms with Gasteiger partial charge in [-0.3, -0.25) is 4.79 Å². The topological polar surface area (TPSA) is 68.0 Å². The number of hydrogen-bond donors (Lipinski definition) is 1. The molecule has 7 heteroatoms. The van der Waals surface area contributed by atoms with Gasteiger partial charge in [-0.2, -0.15) is 0 Å². The van der Waals surface area contributed by atoms with E-state index in [0.717, 1.165) is 11.3 Å². The van der Waals surface area contributed by atoms with Crippen molar-refractivity contribution in [1.82, 2.24) is 10.2 Å². The number of carbonyl (C=O) groups excluding carboxylic acids is 1. The van der Waals surface area contributed by atoms with Crippen LogP contribution in [0.3, 0.4) is 0 Å². The number of nitrogens with zero attached hydrogens (tertiary/aromatic N) is 2. The summed E-state index contributed by atoms with van der Waals surface area (Å²) < 4.78 is 5.57. The molecule has 2 unspecified atom stereocenters. The number of aromatic nitrogens is 2. The van der Waals surface area contributed by atoms with Gasteiger partial charge in [0.05, 0.1) is 12.3 Å². The summed E-state index contributed by atoms with van der Waals surface area (Å²) in [5.41, 5.74) is 1.63. The molecule has 0 aliphatic heterocycles. The van der Waals surface area contributed by atoms with Gasteiger partial charge in [-0.05, 0) is 35.1 Å². The van der Waals surface area contributed by atoms with E-state index in [1.807, 2.05) is 38.1 Å². The van der Waals surface area contributed by atoms with Gasteiger partial charge >= 0.3 is 0 Å². The Bertz CT molecular complexity index is 808. The van der Waals surface area contributed by atoms with E-state index in [4.69, 9.17) is 27.6 Å². The number of carbonyl (C=O) groups is 1. The predicted molar refractivity (Wildman–Crippen MR) is 97.5 cm³/mol. The number of rotatable bonds is 5. The fraction of sp³-hybridized carbons (Fsp3) is 0.389. The van der Waals surface area contributed by atoms with Crippen molar-refractivity contribution in [3.63, 3.8) is 0 Å². The maximum Gasteiger partial charge on any atom is 0.228 e. The summed E-state index contributed by atoms with van der Waals surface area (Å²) >= 11 is 11.5. The molecule has 1 aromatic carbocycles. The second-order valence-corrected chi connectivity index (χ2v) is 7.87. The van der Waals surface area contributed by atoms with Gasteiger partial charge in [0.2, 0.25) is 17.7 Å². The Morgan fingerprint density at radius 2 is 1.96 bits per heavy atom. The van der Waals surface area contributed by atoms with Crippen LogP contribution in [0.4, 0.5) is 5.69 Å². The molecule has 0 radical (unpaired) electrons. The quantitative estimate of drug-likeness (QED) is 0.830. The minimum absolute atomic E-state index is 0.0268. The monoisotopic (exact) mass is 379 g/mol. The molecule has 1 fully saturated rings. The lowest BCUT2D eigenvalue weighted by Crippen LogP contribution is -2.16. The van der Waals surface area contributed by atoms with Crippen molar-refractivity contribution in [2.75, 3.05) is 5.32 Å². The summed E-state index contributed by atoms with van der Waals surface area (Å²) in [5.74, 6) is 1.01. The molecule has 3 rings (SSSR count). The van der Waals surface area contributed by atoms with Crippen LogP contribution in [-0.2, 0) is 11.2 Å². The molecule has 132 valence electrons. The molecule has 0 spiro atoms. The summed E-state index contributed by atoms with van der Waals surface area (Å²) in [5, 5.41) is 10.7. The van der Waals surface area contributed by atoms with Gasteiger partial charge in [0.15, 0.2) is 0 Å². The zero-order valence-electron chi connectivity index (χ0n) is 14.2. The van der Waals surface area contributed by atoms with Crippen molar-refractivity contribution >= 4 is 34.8 Å². The molecule has 1 heterocycles. The summed E-state index contributed by atoms with van der Waals surface area (Å²) in [4.78, 5) is 12.5. The van der Waals surface area contributed by atoms with Crippen LogP contribution in [0, 0.1) is 24.2 Å². The smallest absolute Gasteiger partial charge is 0.228 e. The van der Waals surface area contributed by atoms with E-state index in [9.17, 15) is 4.79 Å². The minimum Gasteiger partial charge on any atom is -0.425 e. The second kappa shape index (κ2) is 6.81. The SMILES string of the molecule is Cc1nnc(Cc2ccc(NC(=O)C3C(C=C(Cl)Cl)C3(C)C)cc2)o1. The molecule has 1 amide bonds. The van der Waals surface area contributed by atoms with Crippen LogP contribution >= 0.6 is 23.2 Å². The molecule has 1 aliphatic rings. The van der Waals surface area contributed by atoms with Gasteiger partial charge in [0, 0.05) is 12.6 Å². The zero-order valence-corrected chi connectivity index (χ0v) is 15.7. The standard InChI is InChI=1S/C18H19Cl2N3O2/c1-10-22-23-15(25-10)8-11-4-6-12(7-5-11)21-17(24)16-13(9-14(19)20)18(16,2)3/h4-7,9,13,16H,8H2,1-3H3,(H,21,24). The molecule has 0 bridgehead atoms. The Labute approximate surface area is 156 Å². The van der Waals surface area contributed by atoms with Gasteiger partial charge in [0.25, 0.3) is 0 Å². The highest BCUT2D eigenvalue weighted by molar-refractivity contribution is 6.55. The Morgan fingerprint density at radius 1 is 1.28 bits per heavy atom. The molecule has 0 saturated heterocycles. The number of nitrogens with one attached hydrogen (secondary N) is 1. The van der Waals surface area contributed by atoms with Gasteiger partial charge < -0.3 is 9.73 Å². The van der Waals surface area contributed by atoms with E-state index >= 15 is 0 Å². The summed E-state index contributed by atoms with van der Waals surface area (Å²) in [7, 11) is 0. The van der Waals surface area contributed by atoms with Crippen LogP contribution in [0.15, 0.2) is 39.3 Å². The third kappa shape index (κ3) is 4.05. The number of aryl methyl sites for hydroxylation is 1. The summed E-state index contributed by atoms with van der Waals surface area (Å²) in [6.07, 6.45) is 2.30. The van der Waals surface area contributed by atoms with Crippen LogP contribution in [0.5, 0.6) is 0 Å². The lowest BCUT2D eigenvalue weighted by Gasteiger charge is -2.07. The van der Waals surface area contributed by atoms with Crippen LogP contribution in [0.1, 0.15) is 31.2 Å². The van der Waals surface area contributed by atoms with Crippen molar-refractivity contribution in [2.24, 2.45) is 17.3 Å². The molecule has 2 atom stereocenters. The zero-order chi connectivity index (χ0) is 18.2. The first kappa shape index (κ1) is 18.0. The minimum atomic E-state index is -0.144. The molecule has 1 N–H and O–H groups in total. The molecule has 2 aromatic rings. The molecule has 1 aromatic heterocycles. The van der Waals surface area contributed by atoms with E-state index in [-0.39, 0.29) is 27.6 Å². The van der Waals surface area contributed by atoms with Crippen molar-refractivity contribution in [2.45, 2.75) is 27.2 Å². The molecule has 5 nitrogen and oxygen atoms in total. The normalized spacial score (nSPS) is 20.8. The molecule has 1 saturated carbocycles. The van der Waals surface area contributed by atoms with Crippen molar-refractivity contribution in [1.29, 1.82) is 0 Å². The first-order valence-electron chi connectivity index (χ1n) is 7.99. The number of benzene rings is 1. The van der Waals surface area contributed by atoms with Gasteiger partial charge in [-0.1, -0.05) is 49.2 Å². The first-order valence-corrected chi connectivity index (χ1v) is 8.74. The number of allylic oxidation sites excluding steroid dienone is 1. The number of amides is 1. The number of anilines is 1. The maximum absolute atomic E-state index is 12.5. The highest BCUT2D eigenvalue weighted by Crippen LogP contribution is 2.60. The van der Waals surface area contributed by atoms with Crippen LogP contribution in [-0.4, -0.2) is 16.1 Å². The van der Waals surface area contributed by atoms with E-state index in [2.05, 4.69) is 15.5 Å². The average Bonchev–Trinajstić information content (AvgIpc) is 2.85. The molecular formula is C18H19Cl2N3O2. The highest BCUT2D eigenvalue weighted by atomic mass is 35.5. The van der Waals surface area contributed by atoms with E-state index in [1.54, 1.807) is 13.0 Å². The Morgan fingerprint density at radius 3 is 2.52 bits per heavy atom. The predicted octanol–water partition coefficient (Wildman–Crippen LogP) is 4.50. The number of hydrogen-bond acceptors (Lipinski definition) is 4. The van der Waals surface area contributed by atoms with Crippen LogP contribution < -0.4 is 5.32 Å². The van der Waals surface area contributed by atoms with Crippen LogP contribution in [0.2, 0.25) is 0 Å². The average molecular weight is 380 g/mol. The lowest BCUT2D eigenvalue weighted by atomic mass is 10.1. The van der Waals surface area contributed by atoms with E-state index in [0.29, 0.717) is 18.2 Å². The largest absolute Gasteiger partial charge is 0.425 e. The molecular weight excluding hydrogens is 361 g/mol. The lowest BCUT2D eigenvalue weighted by molar-refractivity contribution is -0.118. The van der Waals surface area contributed by atoms with Gasteiger partial charge in [-0.15, -0.1) is 10.2 Å². The summed E-state index contributed by atoms with van der Waals surface area (Å²) in [6.45, 7) is 5.82. The third-order valence-electron chi connectivity index (χ3n) is 4.64. The van der Waals surface area contributed by atoms with Gasteiger partial charge in [-0.25, -0.2) is 0 Å². The highest BCUT2D eigenvalue weighted by Gasteiger charge is 2.60. The first-order chi connectivity index (χ1) is 11.8. The van der Waals surface area contributed by atoms with E-state index in [1.165, 1.54) is 0 Å². The van der Waals surface area contributed by atoms with Gasteiger partial charge in [0.1, 0.15) is 4.49 Å². The number of halogens is 2. The van der Waals surface area contributed by atoms with Crippen LogP contribution in [0.25, 0.3) is 0 Å². The van der Waals surface area contributed by atoms with Crippen molar-refractivity contribution in [3.05, 3.63) is 52.2 Å². The fourth-order valence-corrected chi connectivity index (χ4v) is 3.41. The third-order valence-corrected chi connectivity index (χ3v) is 4.90. The van der Waals surface area contributed by atoms with Crippen molar-refractivity contribution < 1.29 is 9.21 Å². The molecule has 1 aliphatic carbocycles. The second-order valence-electron chi connectivity index (χ2n) is 6.86. The van der Waals surface area contributed by atoms with E-state index < -0.39 is 0 Å². The maximum atomic E-state index is 12.5. The fourth-order valence-electron chi connectivity index (χ4n) is 3.13. The van der Waals surface area contributed by atoms with Crippen molar-refractivity contribution in [3.8, 4) is 0 Å². The molecule has 25 heavy (non-hydrogen) atoms. The Hall–Kier alpha value is -1.85. The Kier molecular flexibility index (Phi) is 4.89. The Balaban J connectivity index is 1.62.